The first-order valence-corrected chi connectivity index (χ1v) is 7.54. The van der Waals surface area contributed by atoms with E-state index in [-0.39, 0.29) is 6.54 Å². The van der Waals surface area contributed by atoms with Crippen LogP contribution in [0.4, 0.5) is 0 Å². The molecule has 5 heteroatoms. The highest BCUT2D eigenvalue weighted by atomic mass is 16.3. The molecule has 0 saturated carbocycles. The third kappa shape index (κ3) is 4.53. The lowest BCUT2D eigenvalue weighted by molar-refractivity contribution is -0.140. The van der Waals surface area contributed by atoms with Gasteiger partial charge in [0.05, 0.1) is 6.10 Å². The average Bonchev–Trinajstić information content (AvgIpc) is 2.50. The van der Waals surface area contributed by atoms with E-state index in [1.807, 2.05) is 42.5 Å². The van der Waals surface area contributed by atoms with Crippen LogP contribution < -0.4 is 10.6 Å². The van der Waals surface area contributed by atoms with E-state index >= 15 is 0 Å². The summed E-state index contributed by atoms with van der Waals surface area (Å²) in [6.45, 7) is 5.36. The summed E-state index contributed by atoms with van der Waals surface area (Å²) in [5.41, 5.74) is 0.238. The molecule has 2 rings (SSSR count). The number of benzene rings is 2. The molecule has 0 aliphatic rings. The summed E-state index contributed by atoms with van der Waals surface area (Å²) < 4.78 is 0. The Morgan fingerprint density at radius 3 is 2.39 bits per heavy atom. The second kappa shape index (κ2) is 6.79. The number of carbonyl (C=O) groups is 2. The highest BCUT2D eigenvalue weighted by Crippen LogP contribution is 2.23. The first-order chi connectivity index (χ1) is 10.8. The van der Waals surface area contributed by atoms with Crippen molar-refractivity contribution < 1.29 is 14.7 Å². The van der Waals surface area contributed by atoms with Crippen molar-refractivity contribution in [3.05, 3.63) is 48.0 Å². The maximum atomic E-state index is 11.8. The zero-order chi connectivity index (χ0) is 17.0. The van der Waals surface area contributed by atoms with E-state index in [2.05, 4.69) is 10.6 Å². The normalized spacial score (nSPS) is 12.7. The molecule has 0 heterocycles. The molecule has 0 aromatic heterocycles. The number of nitrogens with one attached hydrogen (secondary N) is 2. The molecule has 0 fully saturated rings. The molecule has 5 nitrogen and oxygen atoms in total. The first-order valence-electron chi connectivity index (χ1n) is 7.54. The smallest absolute Gasteiger partial charge is 0.309 e. The number of amides is 2. The summed E-state index contributed by atoms with van der Waals surface area (Å²) in [5.74, 6) is -1.46. The Morgan fingerprint density at radius 2 is 1.70 bits per heavy atom. The number of rotatable bonds is 3. The van der Waals surface area contributed by atoms with Crippen LogP contribution in [0.2, 0.25) is 0 Å². The van der Waals surface area contributed by atoms with Gasteiger partial charge in [-0.1, -0.05) is 42.5 Å². The number of aliphatic hydroxyl groups is 1. The molecule has 0 aliphatic heterocycles. The second-order valence-electron chi connectivity index (χ2n) is 6.50. The summed E-state index contributed by atoms with van der Waals surface area (Å²) in [6.07, 6.45) is -0.882. The highest BCUT2D eigenvalue weighted by molar-refractivity contribution is 6.35. The molecule has 122 valence electrons. The van der Waals surface area contributed by atoms with E-state index in [0.29, 0.717) is 0 Å². The summed E-state index contributed by atoms with van der Waals surface area (Å²) >= 11 is 0. The van der Waals surface area contributed by atoms with Crippen molar-refractivity contribution in [3.8, 4) is 0 Å². The van der Waals surface area contributed by atoms with Crippen molar-refractivity contribution in [2.45, 2.75) is 32.4 Å². The SMILES string of the molecule is CC(C)(C)NC(=O)C(=O)NCC(O)c1cccc2ccccc12. The molecule has 2 aromatic carbocycles. The van der Waals surface area contributed by atoms with Gasteiger partial charge < -0.3 is 15.7 Å². The Hall–Kier alpha value is -2.40. The lowest BCUT2D eigenvalue weighted by Crippen LogP contribution is -2.48. The topological polar surface area (TPSA) is 78.4 Å². The molecule has 0 saturated heterocycles. The van der Waals surface area contributed by atoms with E-state index in [0.717, 1.165) is 16.3 Å². The highest BCUT2D eigenvalue weighted by Gasteiger charge is 2.21. The predicted molar refractivity (Wildman–Crippen MR) is 89.8 cm³/mol. The Labute approximate surface area is 135 Å². The van der Waals surface area contributed by atoms with Crippen molar-refractivity contribution in [3.63, 3.8) is 0 Å². The molecule has 2 amide bonds. The maximum absolute atomic E-state index is 11.8. The van der Waals surface area contributed by atoms with Gasteiger partial charge in [-0.15, -0.1) is 0 Å². The summed E-state index contributed by atoms with van der Waals surface area (Å²) in [6, 6.07) is 13.3. The zero-order valence-corrected chi connectivity index (χ0v) is 13.6. The van der Waals surface area contributed by atoms with Crippen LogP contribution >= 0.6 is 0 Å². The van der Waals surface area contributed by atoms with Gasteiger partial charge in [-0.25, -0.2) is 0 Å². The monoisotopic (exact) mass is 314 g/mol. The third-order valence-electron chi connectivity index (χ3n) is 3.33. The summed E-state index contributed by atoms with van der Waals surface area (Å²) in [7, 11) is 0. The fourth-order valence-corrected chi connectivity index (χ4v) is 2.32. The number of fused-ring (bicyclic) bond motifs is 1. The first kappa shape index (κ1) is 17.0. The van der Waals surface area contributed by atoms with Crippen molar-refractivity contribution in [2.24, 2.45) is 0 Å². The molecule has 0 bridgehead atoms. The number of carbonyl (C=O) groups excluding carboxylic acids is 2. The Morgan fingerprint density at radius 1 is 1.04 bits per heavy atom. The van der Waals surface area contributed by atoms with Crippen LogP contribution in [-0.2, 0) is 9.59 Å². The summed E-state index contributed by atoms with van der Waals surface area (Å²) in [4.78, 5) is 23.5. The molecule has 23 heavy (non-hydrogen) atoms. The molecule has 1 atom stereocenters. The molecule has 0 radical (unpaired) electrons. The predicted octanol–water partition coefficient (Wildman–Crippen LogP) is 1.90. The third-order valence-corrected chi connectivity index (χ3v) is 3.33. The van der Waals surface area contributed by atoms with E-state index < -0.39 is 23.5 Å². The molecule has 3 N–H and O–H groups in total. The lowest BCUT2D eigenvalue weighted by atomic mass is 10.0. The van der Waals surface area contributed by atoms with Crippen molar-refractivity contribution >= 4 is 22.6 Å². The molecule has 1 unspecified atom stereocenters. The van der Waals surface area contributed by atoms with Gasteiger partial charge >= 0.3 is 11.8 Å². The van der Waals surface area contributed by atoms with E-state index in [1.165, 1.54) is 0 Å². The average molecular weight is 314 g/mol. The number of hydrogen-bond acceptors (Lipinski definition) is 3. The standard InChI is InChI=1S/C18H22N2O3/c1-18(2,3)20-17(23)16(22)19-11-15(21)14-10-6-8-12-7-4-5-9-13(12)14/h4-10,15,21H,11H2,1-3H3,(H,19,22)(H,20,23). The van der Waals surface area contributed by atoms with Crippen LogP contribution in [0.3, 0.4) is 0 Å². The molecule has 0 spiro atoms. The van der Waals surface area contributed by atoms with E-state index in [9.17, 15) is 14.7 Å². The van der Waals surface area contributed by atoms with Crippen LogP contribution in [0.25, 0.3) is 10.8 Å². The van der Waals surface area contributed by atoms with Crippen LogP contribution in [0, 0.1) is 0 Å². The summed E-state index contributed by atoms with van der Waals surface area (Å²) in [5, 5.41) is 17.3. The van der Waals surface area contributed by atoms with Gasteiger partial charge in [0.25, 0.3) is 0 Å². The lowest BCUT2D eigenvalue weighted by Gasteiger charge is -2.20. The quantitative estimate of drug-likeness (QED) is 0.757. The van der Waals surface area contributed by atoms with E-state index in [1.54, 1.807) is 20.8 Å². The van der Waals surface area contributed by atoms with Gasteiger partial charge in [0.1, 0.15) is 0 Å². The number of hydrogen-bond donors (Lipinski definition) is 3. The van der Waals surface area contributed by atoms with Gasteiger partial charge in [0.15, 0.2) is 0 Å². The van der Waals surface area contributed by atoms with Crippen molar-refractivity contribution in [1.29, 1.82) is 0 Å². The van der Waals surface area contributed by atoms with Gasteiger partial charge in [0.2, 0.25) is 0 Å². The fourth-order valence-electron chi connectivity index (χ4n) is 2.32. The van der Waals surface area contributed by atoms with Gasteiger partial charge in [-0.3, -0.25) is 9.59 Å². The molecular formula is C18H22N2O3. The molecule has 0 aliphatic carbocycles. The van der Waals surface area contributed by atoms with E-state index in [4.69, 9.17) is 0 Å². The fraction of sp³-hybridized carbons (Fsp3) is 0.333. The van der Waals surface area contributed by atoms with Crippen LogP contribution in [0.5, 0.6) is 0 Å². The van der Waals surface area contributed by atoms with Crippen LogP contribution in [0.15, 0.2) is 42.5 Å². The Kier molecular flexibility index (Phi) is 5.01. The molecular weight excluding hydrogens is 292 g/mol. The van der Waals surface area contributed by atoms with Gasteiger partial charge in [-0.05, 0) is 37.1 Å². The number of aliphatic hydroxyl groups excluding tert-OH is 1. The maximum Gasteiger partial charge on any atom is 0.309 e. The largest absolute Gasteiger partial charge is 0.387 e. The Bertz CT molecular complexity index is 714. The second-order valence-corrected chi connectivity index (χ2v) is 6.50. The minimum atomic E-state index is -0.882. The van der Waals surface area contributed by atoms with Crippen LogP contribution in [-0.4, -0.2) is 29.0 Å². The van der Waals surface area contributed by atoms with Gasteiger partial charge in [0, 0.05) is 12.1 Å². The minimum Gasteiger partial charge on any atom is -0.387 e. The Balaban J connectivity index is 2.03. The van der Waals surface area contributed by atoms with Crippen molar-refractivity contribution in [2.75, 3.05) is 6.54 Å². The minimum absolute atomic E-state index is 0.0234. The van der Waals surface area contributed by atoms with Gasteiger partial charge in [-0.2, -0.15) is 0 Å². The zero-order valence-electron chi connectivity index (χ0n) is 13.6. The van der Waals surface area contributed by atoms with Crippen LogP contribution in [0.1, 0.15) is 32.4 Å². The molecule has 2 aromatic rings. The van der Waals surface area contributed by atoms with Crippen molar-refractivity contribution in [1.82, 2.24) is 10.6 Å².